The van der Waals surface area contributed by atoms with Crippen LogP contribution in [0.4, 0.5) is 5.69 Å². The van der Waals surface area contributed by atoms with Crippen LogP contribution in [0.5, 0.6) is 5.75 Å². The number of thiophene rings is 1. The molecule has 5 nitrogen and oxygen atoms in total. The molecule has 6 heteroatoms. The van der Waals surface area contributed by atoms with E-state index >= 15 is 0 Å². The van der Waals surface area contributed by atoms with Gasteiger partial charge in [0.2, 0.25) is 0 Å². The van der Waals surface area contributed by atoms with E-state index in [1.54, 1.807) is 5.38 Å². The van der Waals surface area contributed by atoms with Crippen LogP contribution in [0, 0.1) is 0 Å². The number of carboxylic acid groups (broad SMARTS) is 1. The van der Waals surface area contributed by atoms with E-state index in [0.717, 1.165) is 17.8 Å². The quantitative estimate of drug-likeness (QED) is 0.860. The van der Waals surface area contributed by atoms with Gasteiger partial charge in [-0.2, -0.15) is 0 Å². The molecule has 0 aliphatic rings. The van der Waals surface area contributed by atoms with Gasteiger partial charge in [0, 0.05) is 17.1 Å². The van der Waals surface area contributed by atoms with Crippen LogP contribution in [0.25, 0.3) is 0 Å². The van der Waals surface area contributed by atoms with Crippen molar-refractivity contribution in [1.82, 2.24) is 0 Å². The van der Waals surface area contributed by atoms with E-state index in [-0.39, 0.29) is 17.4 Å². The van der Waals surface area contributed by atoms with Crippen molar-refractivity contribution >= 4 is 28.9 Å². The van der Waals surface area contributed by atoms with E-state index < -0.39 is 5.97 Å². The average molecular weight is 305 g/mol. The summed E-state index contributed by atoms with van der Waals surface area (Å²) in [6, 6.07) is 8.98. The maximum atomic E-state index is 11.7. The number of anilines is 1. The Bertz CT molecular complexity index is 633. The highest BCUT2D eigenvalue weighted by Crippen LogP contribution is 2.21. The van der Waals surface area contributed by atoms with Crippen molar-refractivity contribution in [2.45, 2.75) is 13.3 Å². The zero-order valence-corrected chi connectivity index (χ0v) is 12.3. The molecule has 1 aromatic heterocycles. The SMILES string of the molecule is CCc1ccc(NC(=O)COc2csc(C(=O)O)c2)cc1. The largest absolute Gasteiger partial charge is 0.483 e. The number of nitrogens with one attached hydrogen (secondary N) is 1. The molecule has 0 aliphatic carbocycles. The van der Waals surface area contributed by atoms with E-state index in [9.17, 15) is 9.59 Å². The smallest absolute Gasteiger partial charge is 0.346 e. The fraction of sp³-hybridized carbons (Fsp3) is 0.200. The predicted molar refractivity (Wildman–Crippen MR) is 81.2 cm³/mol. The molecule has 2 rings (SSSR count). The number of carboxylic acids is 1. The number of hydrogen-bond donors (Lipinski definition) is 2. The van der Waals surface area contributed by atoms with Gasteiger partial charge in [-0.05, 0) is 24.1 Å². The molecule has 0 saturated heterocycles. The van der Waals surface area contributed by atoms with Crippen LogP contribution in [-0.2, 0) is 11.2 Å². The second kappa shape index (κ2) is 6.90. The highest BCUT2D eigenvalue weighted by molar-refractivity contribution is 7.12. The molecule has 0 fully saturated rings. The minimum absolute atomic E-state index is 0.161. The monoisotopic (exact) mass is 305 g/mol. The third kappa shape index (κ3) is 4.32. The molecule has 0 aliphatic heterocycles. The summed E-state index contributed by atoms with van der Waals surface area (Å²) in [6.07, 6.45) is 0.946. The summed E-state index contributed by atoms with van der Waals surface area (Å²) < 4.78 is 5.25. The van der Waals surface area contributed by atoms with E-state index in [1.165, 1.54) is 11.6 Å². The molecule has 21 heavy (non-hydrogen) atoms. The zero-order chi connectivity index (χ0) is 15.2. The van der Waals surface area contributed by atoms with Gasteiger partial charge in [0.1, 0.15) is 10.6 Å². The van der Waals surface area contributed by atoms with Crippen LogP contribution in [-0.4, -0.2) is 23.6 Å². The first-order valence-electron chi connectivity index (χ1n) is 6.42. The highest BCUT2D eigenvalue weighted by Gasteiger charge is 2.09. The second-order valence-electron chi connectivity index (χ2n) is 4.34. The van der Waals surface area contributed by atoms with Crippen molar-refractivity contribution in [1.29, 1.82) is 0 Å². The second-order valence-corrected chi connectivity index (χ2v) is 5.25. The van der Waals surface area contributed by atoms with E-state index in [1.807, 2.05) is 24.3 Å². The zero-order valence-electron chi connectivity index (χ0n) is 11.5. The Morgan fingerprint density at radius 2 is 2.00 bits per heavy atom. The summed E-state index contributed by atoms with van der Waals surface area (Å²) in [5.74, 6) is -0.911. The number of ether oxygens (including phenoxy) is 1. The van der Waals surface area contributed by atoms with Crippen LogP contribution in [0.2, 0.25) is 0 Å². The molecule has 0 atom stereocenters. The van der Waals surface area contributed by atoms with E-state index in [2.05, 4.69) is 12.2 Å². The summed E-state index contributed by atoms with van der Waals surface area (Å²) in [5, 5.41) is 13.1. The Kier molecular flexibility index (Phi) is 4.94. The molecule has 0 radical (unpaired) electrons. The Balaban J connectivity index is 1.84. The maximum Gasteiger partial charge on any atom is 0.346 e. The average Bonchev–Trinajstić information content (AvgIpc) is 2.95. The molecule has 1 heterocycles. The molecular weight excluding hydrogens is 290 g/mol. The lowest BCUT2D eigenvalue weighted by Gasteiger charge is -2.06. The molecule has 0 unspecified atom stereocenters. The molecule has 0 bridgehead atoms. The number of benzene rings is 1. The molecule has 0 spiro atoms. The summed E-state index contributed by atoms with van der Waals surface area (Å²) in [6.45, 7) is 1.90. The lowest BCUT2D eigenvalue weighted by Crippen LogP contribution is -2.19. The van der Waals surface area contributed by atoms with Crippen molar-refractivity contribution in [3.63, 3.8) is 0 Å². The Hall–Kier alpha value is -2.34. The van der Waals surface area contributed by atoms with Gasteiger partial charge in [0.25, 0.3) is 5.91 Å². The van der Waals surface area contributed by atoms with Gasteiger partial charge in [0.15, 0.2) is 6.61 Å². The topological polar surface area (TPSA) is 75.6 Å². The first kappa shape index (κ1) is 15.1. The Morgan fingerprint density at radius 3 is 2.57 bits per heavy atom. The minimum Gasteiger partial charge on any atom is -0.483 e. The summed E-state index contributed by atoms with van der Waals surface area (Å²) in [5.41, 5.74) is 1.90. The lowest BCUT2D eigenvalue weighted by molar-refractivity contribution is -0.118. The Morgan fingerprint density at radius 1 is 1.29 bits per heavy atom. The van der Waals surface area contributed by atoms with Crippen LogP contribution < -0.4 is 10.1 Å². The normalized spacial score (nSPS) is 10.1. The molecule has 110 valence electrons. The van der Waals surface area contributed by atoms with Crippen molar-refractivity contribution < 1.29 is 19.4 Å². The summed E-state index contributed by atoms with van der Waals surface area (Å²) in [4.78, 5) is 22.6. The molecule has 1 amide bonds. The molecule has 2 aromatic rings. The van der Waals surface area contributed by atoms with Gasteiger partial charge in [-0.25, -0.2) is 4.79 Å². The van der Waals surface area contributed by atoms with Crippen molar-refractivity contribution in [3.05, 3.63) is 46.2 Å². The van der Waals surface area contributed by atoms with Gasteiger partial charge < -0.3 is 15.2 Å². The third-order valence-electron chi connectivity index (χ3n) is 2.80. The highest BCUT2D eigenvalue weighted by atomic mass is 32.1. The van der Waals surface area contributed by atoms with Crippen LogP contribution in [0.3, 0.4) is 0 Å². The van der Waals surface area contributed by atoms with Gasteiger partial charge in [-0.1, -0.05) is 19.1 Å². The van der Waals surface area contributed by atoms with Crippen molar-refractivity contribution in [3.8, 4) is 5.75 Å². The van der Waals surface area contributed by atoms with Gasteiger partial charge in [-0.3, -0.25) is 4.79 Å². The summed E-state index contributed by atoms with van der Waals surface area (Å²) in [7, 11) is 0. The lowest BCUT2D eigenvalue weighted by atomic mass is 10.1. The predicted octanol–water partition coefficient (Wildman–Crippen LogP) is 3.03. The molecule has 0 saturated carbocycles. The number of carbonyl (C=O) groups is 2. The minimum atomic E-state index is -1.00. The van der Waals surface area contributed by atoms with Crippen molar-refractivity contribution in [2.75, 3.05) is 11.9 Å². The van der Waals surface area contributed by atoms with E-state index in [0.29, 0.717) is 11.4 Å². The number of hydrogen-bond acceptors (Lipinski definition) is 4. The fourth-order valence-corrected chi connectivity index (χ4v) is 2.34. The molecule has 2 N–H and O–H groups in total. The number of rotatable bonds is 6. The molecular formula is C15H15NO4S. The standard InChI is InChI=1S/C15H15NO4S/c1-2-10-3-5-11(6-4-10)16-14(17)8-20-12-7-13(15(18)19)21-9-12/h3-7,9H,2,8H2,1H3,(H,16,17)(H,18,19). The van der Waals surface area contributed by atoms with Crippen LogP contribution in [0.1, 0.15) is 22.2 Å². The van der Waals surface area contributed by atoms with Gasteiger partial charge in [-0.15, -0.1) is 11.3 Å². The van der Waals surface area contributed by atoms with Crippen molar-refractivity contribution in [2.24, 2.45) is 0 Å². The fourth-order valence-electron chi connectivity index (χ4n) is 1.68. The first-order valence-corrected chi connectivity index (χ1v) is 7.30. The number of carbonyl (C=O) groups excluding carboxylic acids is 1. The van der Waals surface area contributed by atoms with Crippen LogP contribution in [0.15, 0.2) is 35.7 Å². The first-order chi connectivity index (χ1) is 10.1. The third-order valence-corrected chi connectivity index (χ3v) is 3.70. The Labute approximate surface area is 126 Å². The molecule has 1 aromatic carbocycles. The van der Waals surface area contributed by atoms with Crippen LogP contribution >= 0.6 is 11.3 Å². The number of aryl methyl sites for hydroxylation is 1. The number of aromatic carboxylic acids is 1. The van der Waals surface area contributed by atoms with Gasteiger partial charge in [0.05, 0.1) is 0 Å². The van der Waals surface area contributed by atoms with Gasteiger partial charge >= 0.3 is 5.97 Å². The number of amides is 1. The maximum absolute atomic E-state index is 11.7. The van der Waals surface area contributed by atoms with E-state index in [4.69, 9.17) is 9.84 Å². The summed E-state index contributed by atoms with van der Waals surface area (Å²) >= 11 is 1.06.